The van der Waals surface area contributed by atoms with E-state index in [0.717, 1.165) is 5.56 Å². The second kappa shape index (κ2) is 11.9. The van der Waals surface area contributed by atoms with E-state index in [1.807, 2.05) is 6.07 Å². The molecule has 2 rings (SSSR count). The molecule has 0 unspecified atom stereocenters. The van der Waals surface area contributed by atoms with Crippen LogP contribution in [0.15, 0.2) is 30.3 Å². The normalized spacial score (nSPS) is 26.4. The molecule has 174 valence electrons. The maximum Gasteiger partial charge on any atom is 0.408 e. The average Bonchev–Trinajstić information content (AvgIpc) is 2.98. The topological polar surface area (TPSA) is 178 Å². The van der Waals surface area contributed by atoms with E-state index in [1.54, 1.807) is 24.3 Å². The first-order valence-corrected chi connectivity index (χ1v) is 10.0. The molecular weight excluding hydrogens is 412 g/mol. The summed E-state index contributed by atoms with van der Waals surface area (Å²) in [6, 6.07) is 7.90. The van der Waals surface area contributed by atoms with Crippen LogP contribution in [0.5, 0.6) is 0 Å². The van der Waals surface area contributed by atoms with E-state index >= 15 is 0 Å². The molecule has 1 heterocycles. The lowest BCUT2D eigenvalue weighted by Gasteiger charge is -2.26. The fourth-order valence-electron chi connectivity index (χ4n) is 3.19. The van der Waals surface area contributed by atoms with Crippen LogP contribution in [0.1, 0.15) is 24.8 Å². The van der Waals surface area contributed by atoms with Crippen molar-refractivity contribution in [3.8, 4) is 0 Å². The highest BCUT2D eigenvalue weighted by Gasteiger charge is 2.52. The number of carboxylic acid groups (broad SMARTS) is 1. The molecule has 1 aromatic rings. The van der Waals surface area contributed by atoms with Gasteiger partial charge in [0.25, 0.3) is 0 Å². The first kappa shape index (κ1) is 25.0. The number of amides is 1. The zero-order valence-corrected chi connectivity index (χ0v) is 17.0. The number of hydrogen-bond donors (Lipinski definition) is 7. The van der Waals surface area contributed by atoms with Gasteiger partial charge in [0, 0.05) is 0 Å². The molecule has 0 saturated carbocycles. The van der Waals surface area contributed by atoms with Gasteiger partial charge in [-0.2, -0.15) is 0 Å². The van der Waals surface area contributed by atoms with Crippen LogP contribution >= 0.6 is 0 Å². The summed E-state index contributed by atoms with van der Waals surface area (Å²) in [4.78, 5) is 23.2. The third-order valence-corrected chi connectivity index (χ3v) is 4.98. The maximum absolute atomic E-state index is 11.8. The summed E-state index contributed by atoms with van der Waals surface area (Å²) in [6.45, 7) is -0.333. The molecule has 0 spiro atoms. The molecule has 1 amide bonds. The molecule has 31 heavy (non-hydrogen) atoms. The Labute approximate surface area is 179 Å². The molecule has 7 N–H and O–H groups in total. The highest BCUT2D eigenvalue weighted by molar-refractivity contribution is 5.79. The Morgan fingerprint density at radius 2 is 1.90 bits per heavy atom. The number of aliphatic carboxylic acids is 1. The number of hydrogen-bond acceptors (Lipinski definition) is 9. The summed E-state index contributed by atoms with van der Waals surface area (Å²) < 4.78 is 10.1. The number of carbonyl (C=O) groups is 2. The first-order chi connectivity index (χ1) is 14.8. The summed E-state index contributed by atoms with van der Waals surface area (Å²) in [5.74, 6) is -3.20. The zero-order valence-electron chi connectivity index (χ0n) is 17.0. The standard InChI is InChI=1S/C20H30N2O9/c23-10-15-16(24)17(25)20(29,31-15)12-21-9-5-4-8-14(18(26)27)22-19(28)30-11-13-6-2-1-3-7-13/h1-3,6-7,14-17,21,23-25,29H,4-5,8-12H2,(H,22,28)(H,26,27)/t14-,15+,16+,17-,20+/m0/s1. The highest BCUT2D eigenvalue weighted by Crippen LogP contribution is 2.28. The molecule has 0 bridgehead atoms. The minimum absolute atomic E-state index is 0.0333. The lowest BCUT2D eigenvalue weighted by atomic mass is 10.1. The number of aliphatic hydroxyl groups excluding tert-OH is 3. The molecular formula is C20H30N2O9. The number of unbranched alkanes of at least 4 members (excludes halogenated alkanes) is 1. The summed E-state index contributed by atoms with van der Waals surface area (Å²) in [5.41, 5.74) is 0.784. The van der Waals surface area contributed by atoms with Crippen molar-refractivity contribution in [2.24, 2.45) is 0 Å². The van der Waals surface area contributed by atoms with Gasteiger partial charge < -0.3 is 45.6 Å². The van der Waals surface area contributed by atoms with Crippen LogP contribution in [0.3, 0.4) is 0 Å². The number of carboxylic acids is 1. The van der Waals surface area contributed by atoms with Gasteiger partial charge in [0.2, 0.25) is 5.79 Å². The Kier molecular flexibility index (Phi) is 9.62. The van der Waals surface area contributed by atoms with E-state index in [-0.39, 0.29) is 19.6 Å². The van der Waals surface area contributed by atoms with Gasteiger partial charge in [0.15, 0.2) is 0 Å². The van der Waals surface area contributed by atoms with Crippen LogP contribution in [-0.2, 0) is 20.9 Å². The first-order valence-electron chi connectivity index (χ1n) is 10.0. The van der Waals surface area contributed by atoms with Crippen LogP contribution in [0, 0.1) is 0 Å². The molecule has 1 aromatic carbocycles. The smallest absolute Gasteiger partial charge is 0.408 e. The van der Waals surface area contributed by atoms with E-state index in [9.17, 15) is 30.0 Å². The minimum atomic E-state index is -2.03. The molecule has 0 aromatic heterocycles. The Bertz CT molecular complexity index is 705. The van der Waals surface area contributed by atoms with Crippen molar-refractivity contribution in [2.75, 3.05) is 19.7 Å². The van der Waals surface area contributed by atoms with Gasteiger partial charge in [-0.05, 0) is 31.4 Å². The Hall–Kier alpha value is -2.28. The Morgan fingerprint density at radius 3 is 2.52 bits per heavy atom. The Balaban J connectivity index is 1.65. The van der Waals surface area contributed by atoms with Gasteiger partial charge in [-0.25, -0.2) is 9.59 Å². The number of benzene rings is 1. The van der Waals surface area contributed by atoms with Gasteiger partial charge in [-0.3, -0.25) is 0 Å². The van der Waals surface area contributed by atoms with Gasteiger partial charge in [-0.15, -0.1) is 0 Å². The number of ether oxygens (including phenoxy) is 2. The second-order valence-electron chi connectivity index (χ2n) is 7.39. The minimum Gasteiger partial charge on any atom is -0.480 e. The molecule has 5 atom stereocenters. The van der Waals surface area contributed by atoms with Crippen molar-refractivity contribution < 1.29 is 44.6 Å². The quantitative estimate of drug-likeness (QED) is 0.197. The van der Waals surface area contributed by atoms with Crippen molar-refractivity contribution in [1.29, 1.82) is 0 Å². The molecule has 0 aliphatic carbocycles. The van der Waals surface area contributed by atoms with E-state index in [0.29, 0.717) is 19.4 Å². The molecule has 11 nitrogen and oxygen atoms in total. The van der Waals surface area contributed by atoms with Gasteiger partial charge in [0.1, 0.15) is 31.0 Å². The molecule has 1 fully saturated rings. The third kappa shape index (κ3) is 7.42. The summed E-state index contributed by atoms with van der Waals surface area (Å²) in [5, 5.41) is 53.3. The van der Waals surface area contributed by atoms with Crippen LogP contribution < -0.4 is 10.6 Å². The fraction of sp³-hybridized carbons (Fsp3) is 0.600. The molecule has 1 saturated heterocycles. The Morgan fingerprint density at radius 1 is 1.19 bits per heavy atom. The fourth-order valence-corrected chi connectivity index (χ4v) is 3.19. The van der Waals surface area contributed by atoms with Crippen molar-refractivity contribution in [3.63, 3.8) is 0 Å². The second-order valence-corrected chi connectivity index (χ2v) is 7.39. The number of carbonyl (C=O) groups excluding carboxylic acids is 1. The molecule has 11 heteroatoms. The van der Waals surface area contributed by atoms with Crippen molar-refractivity contribution in [2.45, 2.75) is 56.0 Å². The number of alkyl carbamates (subject to hydrolysis) is 1. The SMILES string of the molecule is O=C(N[C@@H](CCCCNC[C@@]1(O)O[C@H](CO)[C@@H](O)[C@@H]1O)C(=O)O)OCc1ccccc1. The molecule has 1 aliphatic heterocycles. The predicted molar refractivity (Wildman–Crippen MR) is 107 cm³/mol. The van der Waals surface area contributed by atoms with E-state index in [1.165, 1.54) is 0 Å². The maximum atomic E-state index is 11.8. The van der Waals surface area contributed by atoms with Gasteiger partial charge >= 0.3 is 12.1 Å². The summed E-state index contributed by atoms with van der Waals surface area (Å²) in [6.07, 6.45) is -3.73. The van der Waals surface area contributed by atoms with E-state index < -0.39 is 48.8 Å². The van der Waals surface area contributed by atoms with Crippen LogP contribution in [-0.4, -0.2) is 87.4 Å². The summed E-state index contributed by atoms with van der Waals surface area (Å²) in [7, 11) is 0. The number of nitrogens with one attached hydrogen (secondary N) is 2. The predicted octanol–water partition coefficient (Wildman–Crippen LogP) is -1.07. The summed E-state index contributed by atoms with van der Waals surface area (Å²) >= 11 is 0. The monoisotopic (exact) mass is 442 g/mol. The van der Waals surface area contributed by atoms with Crippen LogP contribution in [0.4, 0.5) is 4.79 Å². The molecule has 0 radical (unpaired) electrons. The third-order valence-electron chi connectivity index (χ3n) is 4.98. The van der Waals surface area contributed by atoms with Gasteiger partial charge in [-0.1, -0.05) is 30.3 Å². The van der Waals surface area contributed by atoms with Crippen molar-refractivity contribution >= 4 is 12.1 Å². The van der Waals surface area contributed by atoms with Crippen LogP contribution in [0.25, 0.3) is 0 Å². The largest absolute Gasteiger partial charge is 0.480 e. The number of rotatable bonds is 12. The van der Waals surface area contributed by atoms with Crippen LogP contribution in [0.2, 0.25) is 0 Å². The van der Waals surface area contributed by atoms with Crippen molar-refractivity contribution in [3.05, 3.63) is 35.9 Å². The average molecular weight is 442 g/mol. The molecule has 1 aliphatic rings. The van der Waals surface area contributed by atoms with Crippen molar-refractivity contribution in [1.82, 2.24) is 10.6 Å². The highest BCUT2D eigenvalue weighted by atomic mass is 16.7. The lowest BCUT2D eigenvalue weighted by Crippen LogP contribution is -2.50. The van der Waals surface area contributed by atoms with E-state index in [4.69, 9.17) is 14.6 Å². The van der Waals surface area contributed by atoms with Gasteiger partial charge in [0.05, 0.1) is 13.2 Å². The number of aliphatic hydroxyl groups is 4. The lowest BCUT2D eigenvalue weighted by molar-refractivity contribution is -0.226. The van der Waals surface area contributed by atoms with E-state index in [2.05, 4.69) is 10.6 Å². The zero-order chi connectivity index (χ0) is 22.9.